The molecule has 4 rings (SSSR count). The molecule has 4 aromatic rings. The van der Waals surface area contributed by atoms with Crippen molar-refractivity contribution in [2.75, 3.05) is 0 Å². The highest BCUT2D eigenvalue weighted by molar-refractivity contribution is 5.88. The summed E-state index contributed by atoms with van der Waals surface area (Å²) in [5.41, 5.74) is 5.09. The first-order valence-electron chi connectivity index (χ1n) is 6.71. The molecule has 0 aliphatic carbocycles. The number of hydrogen-bond donors (Lipinski definition) is 0. The lowest BCUT2D eigenvalue weighted by Crippen LogP contribution is -2.31. The van der Waals surface area contributed by atoms with Gasteiger partial charge >= 0.3 is 0 Å². The largest absolute Gasteiger partial charge is 0.287 e. The molecule has 0 aliphatic rings. The van der Waals surface area contributed by atoms with Gasteiger partial charge in [0, 0.05) is 11.5 Å². The molecule has 0 fully saturated rings. The van der Waals surface area contributed by atoms with Gasteiger partial charge in [-0.15, -0.1) is 0 Å². The average Bonchev–Trinajstić information content (AvgIpc) is 2.81. The van der Waals surface area contributed by atoms with Crippen LogP contribution in [0.25, 0.3) is 27.6 Å². The first-order chi connectivity index (χ1) is 9.40. The van der Waals surface area contributed by atoms with E-state index in [9.17, 15) is 0 Å². The van der Waals surface area contributed by atoms with Gasteiger partial charge in [-0.05, 0) is 31.2 Å². The summed E-state index contributed by atoms with van der Waals surface area (Å²) in [5, 5.41) is 1.28. The van der Waals surface area contributed by atoms with Crippen molar-refractivity contribution in [2.24, 2.45) is 0 Å². The topological polar surface area (TPSA) is 8.29 Å². The predicted octanol–water partition coefficient (Wildman–Crippen LogP) is 3.55. The molecule has 19 heavy (non-hydrogen) atoms. The molecule has 0 radical (unpaired) electrons. The van der Waals surface area contributed by atoms with Crippen LogP contribution in [-0.4, -0.2) is 4.40 Å². The van der Waals surface area contributed by atoms with Gasteiger partial charge in [0.05, 0.1) is 6.54 Å². The fourth-order valence-electron chi connectivity index (χ4n) is 3.00. The summed E-state index contributed by atoms with van der Waals surface area (Å²) >= 11 is 0. The predicted molar refractivity (Wildman–Crippen MR) is 78.3 cm³/mol. The van der Waals surface area contributed by atoms with Crippen LogP contribution in [0.3, 0.4) is 0 Å². The molecule has 0 aliphatic heterocycles. The van der Waals surface area contributed by atoms with E-state index in [2.05, 4.69) is 76.6 Å². The fourth-order valence-corrected chi connectivity index (χ4v) is 3.00. The van der Waals surface area contributed by atoms with Crippen LogP contribution >= 0.6 is 0 Å². The van der Waals surface area contributed by atoms with Gasteiger partial charge in [-0.2, -0.15) is 4.40 Å². The zero-order valence-electron chi connectivity index (χ0n) is 10.9. The Kier molecular flexibility index (Phi) is 2.12. The maximum absolute atomic E-state index is 2.36. The van der Waals surface area contributed by atoms with E-state index in [1.165, 1.54) is 27.6 Å². The van der Waals surface area contributed by atoms with Crippen LogP contribution in [0.5, 0.6) is 0 Å². The highest BCUT2D eigenvalue weighted by atomic mass is 15.1. The van der Waals surface area contributed by atoms with Crippen LogP contribution in [0, 0.1) is 0 Å². The first-order valence-corrected chi connectivity index (χ1v) is 6.71. The van der Waals surface area contributed by atoms with Gasteiger partial charge in [-0.3, -0.25) is 0 Å². The van der Waals surface area contributed by atoms with Gasteiger partial charge in [0.2, 0.25) is 0 Å². The Morgan fingerprint density at radius 2 is 1.58 bits per heavy atom. The van der Waals surface area contributed by atoms with Gasteiger partial charge < -0.3 is 0 Å². The van der Waals surface area contributed by atoms with E-state index in [1.54, 1.807) is 0 Å². The van der Waals surface area contributed by atoms with E-state index in [-0.39, 0.29) is 0 Å². The number of rotatable bonds is 1. The van der Waals surface area contributed by atoms with E-state index in [4.69, 9.17) is 0 Å². The molecule has 0 saturated heterocycles. The van der Waals surface area contributed by atoms with Gasteiger partial charge in [0.15, 0.2) is 11.0 Å². The molecule has 0 saturated carbocycles. The van der Waals surface area contributed by atoms with Crippen LogP contribution in [0.4, 0.5) is 0 Å². The minimum Gasteiger partial charge on any atom is -0.223 e. The van der Waals surface area contributed by atoms with Crippen LogP contribution < -0.4 is 4.57 Å². The van der Waals surface area contributed by atoms with Crippen molar-refractivity contribution >= 4 is 27.6 Å². The number of nitrogens with zero attached hydrogens (tertiary/aromatic N) is 2. The van der Waals surface area contributed by atoms with Crippen molar-refractivity contribution < 1.29 is 4.57 Å². The van der Waals surface area contributed by atoms with E-state index in [0.717, 1.165) is 6.54 Å². The molecule has 0 bridgehead atoms. The molecule has 92 valence electrons. The van der Waals surface area contributed by atoms with Crippen LogP contribution in [0.15, 0.2) is 60.7 Å². The van der Waals surface area contributed by atoms with E-state index in [1.807, 2.05) is 0 Å². The second-order valence-electron chi connectivity index (χ2n) is 4.82. The SMILES string of the molecule is CC[n+]1c2ccccc2n2c3ccccc3ccc21. The van der Waals surface area contributed by atoms with Gasteiger partial charge in [0.25, 0.3) is 5.65 Å². The molecule has 0 atom stereocenters. The summed E-state index contributed by atoms with van der Waals surface area (Å²) in [6.45, 7) is 3.18. The summed E-state index contributed by atoms with van der Waals surface area (Å²) in [5.74, 6) is 0. The smallest absolute Gasteiger partial charge is 0.223 e. The Morgan fingerprint density at radius 3 is 2.42 bits per heavy atom. The molecule has 2 heteroatoms. The number of imidazole rings is 1. The third kappa shape index (κ3) is 1.34. The Balaban J connectivity index is 2.37. The first kappa shape index (κ1) is 10.6. The number of fused-ring (bicyclic) bond motifs is 5. The number of benzene rings is 2. The quantitative estimate of drug-likeness (QED) is 0.455. The average molecular weight is 247 g/mol. The normalized spacial score (nSPS) is 11.6. The highest BCUT2D eigenvalue weighted by Crippen LogP contribution is 2.21. The minimum atomic E-state index is 0.982. The van der Waals surface area contributed by atoms with Gasteiger partial charge in [-0.25, -0.2) is 4.57 Å². The van der Waals surface area contributed by atoms with Crippen molar-refractivity contribution in [3.8, 4) is 0 Å². The molecule has 2 nitrogen and oxygen atoms in total. The Bertz CT molecular complexity index is 903. The zero-order chi connectivity index (χ0) is 12.8. The molecule has 2 aromatic heterocycles. The van der Waals surface area contributed by atoms with Crippen molar-refractivity contribution in [1.29, 1.82) is 0 Å². The molecule has 2 heterocycles. The Hall–Kier alpha value is -2.35. The standard InChI is InChI=1S/C17H15N2/c1-2-18-15-9-5-6-10-16(15)19-14-8-4-3-7-13(14)11-12-17(18)19/h3-12H,2H2,1H3/q+1. The fraction of sp³-hybridized carbons (Fsp3) is 0.118. The second-order valence-corrected chi connectivity index (χ2v) is 4.82. The molecular formula is C17H15N2+. The summed E-state index contributed by atoms with van der Waals surface area (Å²) in [6, 6.07) is 21.6. The second kappa shape index (κ2) is 3.82. The van der Waals surface area contributed by atoms with Crippen molar-refractivity contribution in [3.05, 3.63) is 60.7 Å². The number of pyridine rings is 1. The van der Waals surface area contributed by atoms with Crippen molar-refractivity contribution in [1.82, 2.24) is 4.40 Å². The van der Waals surface area contributed by atoms with E-state index >= 15 is 0 Å². The molecule has 2 aromatic carbocycles. The lowest BCUT2D eigenvalue weighted by Gasteiger charge is -1.97. The lowest BCUT2D eigenvalue weighted by molar-refractivity contribution is -0.642. The van der Waals surface area contributed by atoms with Crippen LogP contribution in [0.1, 0.15) is 6.92 Å². The number of hydrogen-bond acceptors (Lipinski definition) is 0. The van der Waals surface area contributed by atoms with Crippen LogP contribution in [0.2, 0.25) is 0 Å². The molecule has 0 spiro atoms. The third-order valence-electron chi connectivity index (χ3n) is 3.82. The van der Waals surface area contributed by atoms with Crippen molar-refractivity contribution in [2.45, 2.75) is 13.5 Å². The zero-order valence-corrected chi connectivity index (χ0v) is 10.9. The number of aryl methyl sites for hydroxylation is 1. The van der Waals surface area contributed by atoms with Gasteiger partial charge in [-0.1, -0.05) is 30.3 Å². The summed E-state index contributed by atoms with van der Waals surface area (Å²) in [6.07, 6.45) is 0. The van der Waals surface area contributed by atoms with Crippen LogP contribution in [-0.2, 0) is 6.54 Å². The summed E-state index contributed by atoms with van der Waals surface area (Å²) in [7, 11) is 0. The number of para-hydroxylation sites is 3. The monoisotopic (exact) mass is 247 g/mol. The third-order valence-corrected chi connectivity index (χ3v) is 3.82. The lowest BCUT2D eigenvalue weighted by atomic mass is 10.2. The van der Waals surface area contributed by atoms with Crippen molar-refractivity contribution in [3.63, 3.8) is 0 Å². The summed E-state index contributed by atoms with van der Waals surface area (Å²) < 4.78 is 4.72. The molecule has 0 unspecified atom stereocenters. The molecular weight excluding hydrogens is 232 g/mol. The Morgan fingerprint density at radius 1 is 0.842 bits per heavy atom. The maximum Gasteiger partial charge on any atom is 0.287 e. The number of aromatic nitrogens is 2. The van der Waals surface area contributed by atoms with Gasteiger partial charge in [0.1, 0.15) is 5.52 Å². The maximum atomic E-state index is 2.36. The Labute approximate surface area is 111 Å². The summed E-state index contributed by atoms with van der Waals surface area (Å²) in [4.78, 5) is 0. The van der Waals surface area contributed by atoms with E-state index < -0.39 is 0 Å². The molecule has 0 N–H and O–H groups in total. The minimum absolute atomic E-state index is 0.982. The molecule has 0 amide bonds. The highest BCUT2D eigenvalue weighted by Gasteiger charge is 2.18. The van der Waals surface area contributed by atoms with E-state index in [0.29, 0.717) is 0 Å².